The lowest BCUT2D eigenvalue weighted by Gasteiger charge is -2.14. The van der Waals surface area contributed by atoms with Crippen molar-refractivity contribution in [1.29, 1.82) is 0 Å². The van der Waals surface area contributed by atoms with Crippen LogP contribution in [0, 0.1) is 0 Å². The van der Waals surface area contributed by atoms with Gasteiger partial charge in [0.15, 0.2) is 5.96 Å². The molecule has 0 heterocycles. The summed E-state index contributed by atoms with van der Waals surface area (Å²) in [6.07, 6.45) is 0. The number of hydrogen-bond acceptors (Lipinski definition) is 3. The van der Waals surface area contributed by atoms with E-state index in [1.54, 1.807) is 12.1 Å². The maximum absolute atomic E-state index is 9.33. The maximum atomic E-state index is 9.33. The fourth-order valence-electron chi connectivity index (χ4n) is 2.24. The second-order valence-electron chi connectivity index (χ2n) is 5.26. The molecule has 0 aliphatic heterocycles. The van der Waals surface area contributed by atoms with Gasteiger partial charge >= 0.3 is 0 Å². The molecule has 0 unspecified atom stereocenters. The van der Waals surface area contributed by atoms with Gasteiger partial charge in [0, 0.05) is 18.7 Å². The van der Waals surface area contributed by atoms with Gasteiger partial charge in [0.25, 0.3) is 0 Å². The standard InChI is InChI=1S/C19H25N3O2.HI/c1-3-20-19(21-13-15-9-11-17(23)12-10-15)22-14-16-7-5-6-8-18(16)24-4-2;/h5-12,23H,3-4,13-14H2,1-2H3,(H2,20,21,22);1H. The number of halogens is 1. The third-order valence-corrected chi connectivity index (χ3v) is 3.42. The highest BCUT2D eigenvalue weighted by Crippen LogP contribution is 2.17. The zero-order chi connectivity index (χ0) is 17.2. The second-order valence-corrected chi connectivity index (χ2v) is 5.26. The first kappa shape index (κ1) is 21.1. The average Bonchev–Trinajstić information content (AvgIpc) is 2.60. The number of rotatable bonds is 7. The summed E-state index contributed by atoms with van der Waals surface area (Å²) in [6.45, 7) is 6.63. The average molecular weight is 455 g/mol. The monoisotopic (exact) mass is 455 g/mol. The second kappa shape index (κ2) is 11.6. The van der Waals surface area contributed by atoms with Gasteiger partial charge < -0.3 is 20.5 Å². The molecular weight excluding hydrogens is 429 g/mol. The van der Waals surface area contributed by atoms with Crippen molar-refractivity contribution in [3.8, 4) is 11.5 Å². The van der Waals surface area contributed by atoms with Crippen LogP contribution in [0.25, 0.3) is 0 Å². The smallest absolute Gasteiger partial charge is 0.191 e. The Morgan fingerprint density at radius 3 is 2.44 bits per heavy atom. The van der Waals surface area contributed by atoms with Gasteiger partial charge in [-0.2, -0.15) is 0 Å². The van der Waals surface area contributed by atoms with Crippen molar-refractivity contribution in [1.82, 2.24) is 10.6 Å². The molecule has 5 nitrogen and oxygen atoms in total. The Bertz CT molecular complexity index is 660. The SMILES string of the molecule is CCNC(=NCc1ccc(O)cc1)NCc1ccccc1OCC.I. The molecule has 0 atom stereocenters. The van der Waals surface area contributed by atoms with Crippen LogP contribution >= 0.6 is 24.0 Å². The largest absolute Gasteiger partial charge is 0.508 e. The van der Waals surface area contributed by atoms with Gasteiger partial charge in [0.2, 0.25) is 0 Å². The number of ether oxygens (including phenoxy) is 1. The Labute approximate surface area is 166 Å². The van der Waals surface area contributed by atoms with Crippen molar-refractivity contribution in [2.24, 2.45) is 4.99 Å². The van der Waals surface area contributed by atoms with Crippen LogP contribution in [0.3, 0.4) is 0 Å². The van der Waals surface area contributed by atoms with Crippen molar-refractivity contribution in [2.75, 3.05) is 13.2 Å². The highest BCUT2D eigenvalue weighted by atomic mass is 127. The van der Waals surface area contributed by atoms with Crippen LogP contribution in [0.1, 0.15) is 25.0 Å². The molecule has 0 fully saturated rings. The first-order chi connectivity index (χ1) is 11.7. The highest BCUT2D eigenvalue weighted by Gasteiger charge is 2.04. The number of guanidine groups is 1. The first-order valence-electron chi connectivity index (χ1n) is 8.23. The Kier molecular flexibility index (Phi) is 9.76. The molecule has 0 aromatic heterocycles. The van der Waals surface area contributed by atoms with Crippen LogP contribution in [0.2, 0.25) is 0 Å². The lowest BCUT2D eigenvalue weighted by atomic mass is 10.2. The minimum Gasteiger partial charge on any atom is -0.508 e. The molecule has 0 aliphatic carbocycles. The number of hydrogen-bond donors (Lipinski definition) is 3. The van der Waals surface area contributed by atoms with Crippen LogP contribution in [0.5, 0.6) is 11.5 Å². The number of nitrogens with zero attached hydrogens (tertiary/aromatic N) is 1. The quantitative estimate of drug-likeness (QED) is 0.339. The van der Waals surface area contributed by atoms with Gasteiger partial charge in [-0.15, -0.1) is 24.0 Å². The number of nitrogens with one attached hydrogen (secondary N) is 2. The van der Waals surface area contributed by atoms with Crippen molar-refractivity contribution < 1.29 is 9.84 Å². The van der Waals surface area contributed by atoms with Crippen LogP contribution in [-0.4, -0.2) is 24.2 Å². The van der Waals surface area contributed by atoms with E-state index in [0.29, 0.717) is 19.7 Å². The van der Waals surface area contributed by atoms with E-state index in [2.05, 4.69) is 15.6 Å². The Hall–Kier alpha value is -1.96. The molecule has 2 aromatic carbocycles. The molecular formula is C19H26IN3O2. The summed E-state index contributed by atoms with van der Waals surface area (Å²) in [5.74, 6) is 1.90. The summed E-state index contributed by atoms with van der Waals surface area (Å²) >= 11 is 0. The molecule has 0 bridgehead atoms. The molecule has 0 spiro atoms. The third kappa shape index (κ3) is 7.21. The lowest BCUT2D eigenvalue weighted by molar-refractivity contribution is 0.336. The zero-order valence-corrected chi connectivity index (χ0v) is 17.0. The number of aromatic hydroxyl groups is 1. The lowest BCUT2D eigenvalue weighted by Crippen LogP contribution is -2.36. The van der Waals surface area contributed by atoms with Gasteiger partial charge in [-0.1, -0.05) is 30.3 Å². The number of phenols is 1. The molecule has 0 aliphatic rings. The van der Waals surface area contributed by atoms with Gasteiger partial charge in [-0.25, -0.2) is 4.99 Å². The van der Waals surface area contributed by atoms with Gasteiger partial charge in [0.1, 0.15) is 11.5 Å². The fourth-order valence-corrected chi connectivity index (χ4v) is 2.24. The van der Waals surface area contributed by atoms with E-state index >= 15 is 0 Å². The van der Waals surface area contributed by atoms with Gasteiger partial charge in [-0.05, 0) is 37.6 Å². The van der Waals surface area contributed by atoms with E-state index < -0.39 is 0 Å². The predicted octanol–water partition coefficient (Wildman–Crippen LogP) is 3.66. The normalized spacial score (nSPS) is 10.7. The third-order valence-electron chi connectivity index (χ3n) is 3.42. The number of para-hydroxylation sites is 1. The van der Waals surface area contributed by atoms with Crippen LogP contribution in [-0.2, 0) is 13.1 Å². The molecule has 0 saturated carbocycles. The Morgan fingerprint density at radius 2 is 1.76 bits per heavy atom. The zero-order valence-electron chi connectivity index (χ0n) is 14.7. The molecule has 0 radical (unpaired) electrons. The van der Waals surface area contributed by atoms with E-state index in [0.717, 1.165) is 29.4 Å². The minimum absolute atomic E-state index is 0. The van der Waals surface area contributed by atoms with Crippen LogP contribution in [0.4, 0.5) is 0 Å². The minimum atomic E-state index is 0. The van der Waals surface area contributed by atoms with Crippen molar-refractivity contribution in [2.45, 2.75) is 26.9 Å². The van der Waals surface area contributed by atoms with Crippen LogP contribution < -0.4 is 15.4 Å². The molecule has 6 heteroatoms. The summed E-state index contributed by atoms with van der Waals surface area (Å²) in [7, 11) is 0. The number of phenolic OH excluding ortho intramolecular Hbond substituents is 1. The number of aliphatic imine (C=N–C) groups is 1. The molecule has 3 N–H and O–H groups in total. The van der Waals surface area contributed by atoms with E-state index in [-0.39, 0.29) is 29.7 Å². The molecule has 0 saturated heterocycles. The maximum Gasteiger partial charge on any atom is 0.191 e. The first-order valence-corrected chi connectivity index (χ1v) is 8.23. The fraction of sp³-hybridized carbons (Fsp3) is 0.316. The summed E-state index contributed by atoms with van der Waals surface area (Å²) in [5, 5.41) is 15.9. The summed E-state index contributed by atoms with van der Waals surface area (Å²) < 4.78 is 5.65. The molecule has 2 aromatic rings. The van der Waals surface area contributed by atoms with Crippen molar-refractivity contribution in [3.05, 3.63) is 59.7 Å². The van der Waals surface area contributed by atoms with Crippen LogP contribution in [0.15, 0.2) is 53.5 Å². The molecule has 136 valence electrons. The van der Waals surface area contributed by atoms with E-state index in [4.69, 9.17) is 4.74 Å². The molecule has 0 amide bonds. The topological polar surface area (TPSA) is 65.9 Å². The molecule has 2 rings (SSSR count). The summed E-state index contributed by atoms with van der Waals surface area (Å²) in [4.78, 5) is 4.58. The Morgan fingerprint density at radius 1 is 1.04 bits per heavy atom. The summed E-state index contributed by atoms with van der Waals surface area (Å²) in [5.41, 5.74) is 2.13. The Balaban J connectivity index is 0.00000312. The van der Waals surface area contributed by atoms with Crippen molar-refractivity contribution in [3.63, 3.8) is 0 Å². The molecule has 25 heavy (non-hydrogen) atoms. The van der Waals surface area contributed by atoms with Gasteiger partial charge in [-0.3, -0.25) is 0 Å². The highest BCUT2D eigenvalue weighted by molar-refractivity contribution is 14.0. The summed E-state index contributed by atoms with van der Waals surface area (Å²) in [6, 6.07) is 15.1. The van der Waals surface area contributed by atoms with E-state index in [1.807, 2.05) is 50.2 Å². The predicted molar refractivity (Wildman–Crippen MR) is 113 cm³/mol. The van der Waals surface area contributed by atoms with Crippen molar-refractivity contribution >= 4 is 29.9 Å². The van der Waals surface area contributed by atoms with E-state index in [1.165, 1.54) is 0 Å². The van der Waals surface area contributed by atoms with E-state index in [9.17, 15) is 5.11 Å². The van der Waals surface area contributed by atoms with Gasteiger partial charge in [0.05, 0.1) is 13.2 Å². The number of benzene rings is 2.